The number of para-hydroxylation sites is 1. The Kier molecular flexibility index (Phi) is 3.02. The number of aliphatic carboxylic acids is 1. The van der Waals surface area contributed by atoms with Crippen molar-refractivity contribution in [3.8, 4) is 0 Å². The molecule has 0 saturated heterocycles. The molecule has 1 aliphatic carbocycles. The van der Waals surface area contributed by atoms with Crippen molar-refractivity contribution in [1.82, 2.24) is 9.71 Å². The van der Waals surface area contributed by atoms with E-state index in [-0.39, 0.29) is 17.4 Å². The Bertz CT molecular complexity index is 766. The van der Waals surface area contributed by atoms with Crippen molar-refractivity contribution in [2.75, 3.05) is 6.54 Å². The number of rotatable bonds is 5. The van der Waals surface area contributed by atoms with Crippen LogP contribution in [-0.2, 0) is 14.8 Å². The molecule has 0 bridgehead atoms. The number of hydrogen-bond acceptors (Lipinski definition) is 3. The number of carbonyl (C=O) groups is 1. The van der Waals surface area contributed by atoms with Crippen molar-refractivity contribution in [3.05, 3.63) is 30.5 Å². The summed E-state index contributed by atoms with van der Waals surface area (Å²) >= 11 is 0. The Balaban J connectivity index is 1.77. The van der Waals surface area contributed by atoms with Crippen LogP contribution in [0.25, 0.3) is 10.9 Å². The maximum Gasteiger partial charge on any atom is 0.306 e. The second kappa shape index (κ2) is 4.60. The number of hydrogen-bond donors (Lipinski definition) is 3. The quantitative estimate of drug-likeness (QED) is 0.770. The Morgan fingerprint density at radius 3 is 2.85 bits per heavy atom. The zero-order valence-electron chi connectivity index (χ0n) is 10.5. The van der Waals surface area contributed by atoms with Crippen LogP contribution in [0.15, 0.2) is 35.4 Å². The van der Waals surface area contributed by atoms with E-state index in [1.165, 1.54) is 6.20 Å². The molecule has 1 saturated carbocycles. The molecule has 0 amide bonds. The Morgan fingerprint density at radius 2 is 2.15 bits per heavy atom. The maximum absolute atomic E-state index is 12.2. The van der Waals surface area contributed by atoms with Crippen molar-refractivity contribution < 1.29 is 18.3 Å². The predicted octanol–water partition coefficient (Wildman–Crippen LogP) is 1.17. The highest BCUT2D eigenvalue weighted by molar-refractivity contribution is 7.89. The van der Waals surface area contributed by atoms with Crippen molar-refractivity contribution in [3.63, 3.8) is 0 Å². The van der Waals surface area contributed by atoms with Crippen molar-refractivity contribution >= 4 is 26.9 Å². The number of aromatic amines is 1. The van der Waals surface area contributed by atoms with Gasteiger partial charge >= 0.3 is 5.97 Å². The first-order valence-electron chi connectivity index (χ1n) is 6.27. The summed E-state index contributed by atoms with van der Waals surface area (Å²) < 4.78 is 27.0. The van der Waals surface area contributed by atoms with Gasteiger partial charge in [-0.3, -0.25) is 4.79 Å². The Labute approximate surface area is 115 Å². The zero-order chi connectivity index (χ0) is 14.3. The zero-order valence-corrected chi connectivity index (χ0v) is 11.4. The van der Waals surface area contributed by atoms with Crippen LogP contribution in [0, 0.1) is 11.8 Å². The van der Waals surface area contributed by atoms with Gasteiger partial charge in [-0.15, -0.1) is 0 Å². The van der Waals surface area contributed by atoms with Gasteiger partial charge in [0.2, 0.25) is 10.0 Å². The van der Waals surface area contributed by atoms with E-state index >= 15 is 0 Å². The molecule has 106 valence electrons. The second-order valence-electron chi connectivity index (χ2n) is 4.99. The molecule has 0 aliphatic heterocycles. The highest BCUT2D eigenvalue weighted by Gasteiger charge is 2.43. The molecule has 1 heterocycles. The van der Waals surface area contributed by atoms with E-state index in [0.29, 0.717) is 11.8 Å². The average molecular weight is 294 g/mol. The Morgan fingerprint density at radius 1 is 1.40 bits per heavy atom. The van der Waals surface area contributed by atoms with Gasteiger partial charge in [-0.2, -0.15) is 0 Å². The largest absolute Gasteiger partial charge is 0.481 e. The molecule has 2 atom stereocenters. The van der Waals surface area contributed by atoms with Crippen LogP contribution in [0.4, 0.5) is 0 Å². The third-order valence-corrected chi connectivity index (χ3v) is 5.08. The van der Waals surface area contributed by atoms with Gasteiger partial charge in [0.1, 0.15) is 4.90 Å². The molecule has 1 aromatic heterocycles. The summed E-state index contributed by atoms with van der Waals surface area (Å²) in [5.74, 6) is -1.38. The lowest BCUT2D eigenvalue weighted by Crippen LogP contribution is -2.26. The molecular formula is C13H14N2O4S. The van der Waals surface area contributed by atoms with Crippen molar-refractivity contribution in [1.29, 1.82) is 0 Å². The van der Waals surface area contributed by atoms with Crippen LogP contribution in [0.3, 0.4) is 0 Å². The molecule has 3 rings (SSSR count). The number of carboxylic acids is 1. The molecule has 7 heteroatoms. The lowest BCUT2D eigenvalue weighted by molar-refractivity contribution is -0.138. The normalized spacial score (nSPS) is 22.0. The minimum absolute atomic E-state index is 0.104. The van der Waals surface area contributed by atoms with E-state index in [0.717, 1.165) is 5.52 Å². The van der Waals surface area contributed by atoms with Crippen LogP contribution in [0.2, 0.25) is 0 Å². The number of aromatic nitrogens is 1. The van der Waals surface area contributed by atoms with Gasteiger partial charge in [-0.25, -0.2) is 13.1 Å². The van der Waals surface area contributed by atoms with Gasteiger partial charge in [0, 0.05) is 23.6 Å². The number of nitrogens with one attached hydrogen (secondary N) is 2. The lowest BCUT2D eigenvalue weighted by atomic mass is 10.2. The summed E-state index contributed by atoms with van der Waals surface area (Å²) in [6, 6.07) is 7.13. The smallest absolute Gasteiger partial charge is 0.306 e. The van der Waals surface area contributed by atoms with Crippen molar-refractivity contribution in [2.24, 2.45) is 11.8 Å². The number of sulfonamides is 1. The third-order valence-electron chi connectivity index (χ3n) is 3.62. The molecule has 0 spiro atoms. The molecule has 0 unspecified atom stereocenters. The monoisotopic (exact) mass is 294 g/mol. The van der Waals surface area contributed by atoms with Crippen LogP contribution in [0.5, 0.6) is 0 Å². The fourth-order valence-corrected chi connectivity index (χ4v) is 3.61. The van der Waals surface area contributed by atoms with Gasteiger partial charge in [-0.05, 0) is 18.4 Å². The number of fused-ring (bicyclic) bond motifs is 1. The first-order chi connectivity index (χ1) is 9.49. The van der Waals surface area contributed by atoms with Crippen LogP contribution >= 0.6 is 0 Å². The number of benzene rings is 1. The summed E-state index contributed by atoms with van der Waals surface area (Å²) in [5, 5.41) is 9.43. The summed E-state index contributed by atoms with van der Waals surface area (Å²) in [7, 11) is -3.62. The molecule has 1 fully saturated rings. The molecule has 20 heavy (non-hydrogen) atoms. The van der Waals surface area contributed by atoms with E-state index in [4.69, 9.17) is 5.11 Å². The fourth-order valence-electron chi connectivity index (χ4n) is 2.34. The van der Waals surface area contributed by atoms with Gasteiger partial charge in [0.15, 0.2) is 0 Å². The predicted molar refractivity (Wildman–Crippen MR) is 72.7 cm³/mol. The highest BCUT2D eigenvalue weighted by atomic mass is 32.2. The summed E-state index contributed by atoms with van der Waals surface area (Å²) in [6.45, 7) is 0.165. The summed E-state index contributed by atoms with van der Waals surface area (Å²) in [6.07, 6.45) is 1.99. The first-order valence-corrected chi connectivity index (χ1v) is 7.76. The topological polar surface area (TPSA) is 99.3 Å². The summed E-state index contributed by atoms with van der Waals surface area (Å²) in [4.78, 5) is 13.8. The molecule has 1 aromatic carbocycles. The Hall–Kier alpha value is -1.86. The molecule has 1 aliphatic rings. The van der Waals surface area contributed by atoms with E-state index in [2.05, 4.69) is 9.71 Å². The van der Waals surface area contributed by atoms with Crippen molar-refractivity contribution in [2.45, 2.75) is 11.3 Å². The lowest BCUT2D eigenvalue weighted by Gasteiger charge is -2.04. The first kappa shape index (κ1) is 13.1. The van der Waals surface area contributed by atoms with Crippen LogP contribution in [-0.4, -0.2) is 31.0 Å². The van der Waals surface area contributed by atoms with Crippen LogP contribution < -0.4 is 4.72 Å². The van der Waals surface area contributed by atoms with E-state index in [9.17, 15) is 13.2 Å². The van der Waals surface area contributed by atoms with Crippen LogP contribution in [0.1, 0.15) is 6.42 Å². The van der Waals surface area contributed by atoms with Gasteiger partial charge < -0.3 is 10.1 Å². The average Bonchev–Trinajstić information content (AvgIpc) is 3.06. The molecule has 3 N–H and O–H groups in total. The van der Waals surface area contributed by atoms with E-state index in [1.807, 2.05) is 6.07 Å². The fraction of sp³-hybridized carbons (Fsp3) is 0.308. The van der Waals surface area contributed by atoms with Gasteiger partial charge in [-0.1, -0.05) is 18.2 Å². The minimum atomic E-state index is -3.62. The highest BCUT2D eigenvalue weighted by Crippen LogP contribution is 2.38. The molecule has 6 nitrogen and oxygen atoms in total. The van der Waals surface area contributed by atoms with Gasteiger partial charge in [0.05, 0.1) is 5.92 Å². The summed E-state index contributed by atoms with van der Waals surface area (Å²) in [5.41, 5.74) is 0.753. The third kappa shape index (κ3) is 2.30. The standard InChI is InChI=1S/C13H14N2O4S/c16-13(17)10-5-8(10)6-15-20(18,19)12-7-14-11-4-2-1-3-9(11)12/h1-4,7-8,10,14-15H,5-6H2,(H,16,17)/t8-,10+/m0/s1. The van der Waals surface area contributed by atoms with Gasteiger partial charge in [0.25, 0.3) is 0 Å². The van der Waals surface area contributed by atoms with E-state index < -0.39 is 21.9 Å². The minimum Gasteiger partial charge on any atom is -0.481 e. The molecular weight excluding hydrogens is 280 g/mol. The van der Waals surface area contributed by atoms with E-state index in [1.54, 1.807) is 18.2 Å². The molecule has 0 radical (unpaired) electrons. The number of H-pyrrole nitrogens is 1. The number of carboxylic acid groups (broad SMARTS) is 1. The maximum atomic E-state index is 12.2. The molecule has 2 aromatic rings. The second-order valence-corrected chi connectivity index (χ2v) is 6.73. The SMILES string of the molecule is O=C(O)[C@@H]1C[C@H]1CNS(=O)(=O)c1c[nH]c2ccccc12.